The highest BCUT2D eigenvalue weighted by Gasteiger charge is 2.19. The van der Waals surface area contributed by atoms with Crippen molar-refractivity contribution < 1.29 is 0 Å². The third-order valence-electron chi connectivity index (χ3n) is 2.10. The minimum Gasteiger partial charge on any atom is -0.309 e. The quantitative estimate of drug-likeness (QED) is 0.619. The first kappa shape index (κ1) is 7.33. The van der Waals surface area contributed by atoms with Gasteiger partial charge in [0, 0.05) is 0 Å². The number of terminal acetylenes is 1. The van der Waals surface area contributed by atoms with E-state index in [9.17, 15) is 0 Å². The highest BCUT2D eigenvalue weighted by Crippen LogP contribution is 2.20. The molecule has 2 heteroatoms. The molecule has 1 atom stereocenters. The minimum atomic E-state index is 0.429. The highest BCUT2D eigenvalue weighted by molar-refractivity contribution is 5.27. The summed E-state index contributed by atoms with van der Waals surface area (Å²) in [6.45, 7) is 1.09. The van der Waals surface area contributed by atoms with Gasteiger partial charge < -0.3 is 5.32 Å². The van der Waals surface area contributed by atoms with Crippen LogP contribution in [0.1, 0.15) is 23.9 Å². The molecule has 1 aliphatic rings. The lowest BCUT2D eigenvalue weighted by atomic mass is 10.0. The van der Waals surface area contributed by atoms with Gasteiger partial charge in [-0.15, -0.1) is 6.42 Å². The summed E-state index contributed by atoms with van der Waals surface area (Å²) in [6, 6.07) is 6.25. The zero-order valence-corrected chi connectivity index (χ0v) is 6.75. The van der Waals surface area contributed by atoms with Crippen molar-refractivity contribution in [1.29, 1.82) is 0 Å². The second-order valence-electron chi connectivity index (χ2n) is 2.89. The van der Waals surface area contributed by atoms with Gasteiger partial charge in [0.05, 0.1) is 11.7 Å². The first-order valence-electron chi connectivity index (χ1n) is 4.07. The van der Waals surface area contributed by atoms with Gasteiger partial charge in [0.2, 0.25) is 0 Å². The average Bonchev–Trinajstić information content (AvgIpc) is 2.02. The molecule has 2 rings (SSSR count). The summed E-state index contributed by atoms with van der Waals surface area (Å²) in [5, 5.41) is 3.28. The maximum Gasteiger partial charge on any atom is 0.113 e. The van der Waals surface area contributed by atoms with E-state index in [0.717, 1.165) is 17.9 Å². The standard InChI is InChI=1S/C10H10N2/c1-2-8-4-3-5-10(12-8)9-6-7-11-9/h1,3-5,9,11H,6-7H2/t9-/m1/s1. The van der Waals surface area contributed by atoms with Crippen LogP contribution in [0.5, 0.6) is 0 Å². The summed E-state index contributed by atoms with van der Waals surface area (Å²) in [4.78, 5) is 4.31. The molecule has 1 aromatic heterocycles. The number of pyridine rings is 1. The number of hydrogen-bond acceptors (Lipinski definition) is 2. The first-order valence-corrected chi connectivity index (χ1v) is 4.07. The van der Waals surface area contributed by atoms with Crippen molar-refractivity contribution in [3.05, 3.63) is 29.6 Å². The zero-order valence-electron chi connectivity index (χ0n) is 6.75. The maximum absolute atomic E-state index is 5.25. The van der Waals surface area contributed by atoms with E-state index in [0.29, 0.717) is 6.04 Å². The lowest BCUT2D eigenvalue weighted by molar-refractivity contribution is 0.375. The zero-order chi connectivity index (χ0) is 8.39. The van der Waals surface area contributed by atoms with Gasteiger partial charge in [-0.2, -0.15) is 0 Å². The Kier molecular flexibility index (Phi) is 1.81. The number of aromatic nitrogens is 1. The molecule has 1 aromatic rings. The van der Waals surface area contributed by atoms with Crippen molar-refractivity contribution in [2.45, 2.75) is 12.5 Å². The van der Waals surface area contributed by atoms with Crippen molar-refractivity contribution in [2.24, 2.45) is 0 Å². The molecule has 0 aliphatic carbocycles. The Labute approximate surface area is 72.0 Å². The van der Waals surface area contributed by atoms with Crippen LogP contribution in [0.4, 0.5) is 0 Å². The predicted octanol–water partition coefficient (Wildman–Crippen LogP) is 1.10. The van der Waals surface area contributed by atoms with E-state index in [1.165, 1.54) is 6.42 Å². The summed E-state index contributed by atoms with van der Waals surface area (Å²) in [5.74, 6) is 2.53. The van der Waals surface area contributed by atoms with Crippen LogP contribution in [-0.4, -0.2) is 11.5 Å². The normalized spacial score (nSPS) is 21.1. The fourth-order valence-corrected chi connectivity index (χ4v) is 1.27. The molecule has 0 spiro atoms. The first-order chi connectivity index (χ1) is 5.90. The van der Waals surface area contributed by atoms with Crippen molar-refractivity contribution in [1.82, 2.24) is 10.3 Å². The number of hydrogen-bond donors (Lipinski definition) is 1. The fraction of sp³-hybridized carbons (Fsp3) is 0.300. The molecular formula is C10H10N2. The Hall–Kier alpha value is -1.33. The summed E-state index contributed by atoms with van der Waals surface area (Å²) < 4.78 is 0. The van der Waals surface area contributed by atoms with Crippen LogP contribution < -0.4 is 5.32 Å². The molecule has 0 bridgehead atoms. The summed E-state index contributed by atoms with van der Waals surface area (Å²) >= 11 is 0. The van der Waals surface area contributed by atoms with Gasteiger partial charge in [-0.3, -0.25) is 0 Å². The van der Waals surface area contributed by atoms with E-state index >= 15 is 0 Å². The Balaban J connectivity index is 2.27. The van der Waals surface area contributed by atoms with Gasteiger partial charge in [0.25, 0.3) is 0 Å². The van der Waals surface area contributed by atoms with E-state index in [-0.39, 0.29) is 0 Å². The van der Waals surface area contributed by atoms with Crippen LogP contribution in [0.15, 0.2) is 18.2 Å². The van der Waals surface area contributed by atoms with Crippen LogP contribution in [0.3, 0.4) is 0 Å². The average molecular weight is 158 g/mol. The third-order valence-corrected chi connectivity index (χ3v) is 2.10. The topological polar surface area (TPSA) is 24.9 Å². The van der Waals surface area contributed by atoms with Crippen LogP contribution in [0.25, 0.3) is 0 Å². The van der Waals surface area contributed by atoms with Gasteiger partial charge in [-0.25, -0.2) is 4.98 Å². The largest absolute Gasteiger partial charge is 0.309 e. The summed E-state index contributed by atoms with van der Waals surface area (Å²) in [5.41, 5.74) is 1.79. The van der Waals surface area contributed by atoms with E-state index in [1.807, 2.05) is 18.2 Å². The molecule has 2 heterocycles. The molecule has 60 valence electrons. The van der Waals surface area contributed by atoms with Crippen LogP contribution in [0.2, 0.25) is 0 Å². The maximum atomic E-state index is 5.25. The molecule has 2 nitrogen and oxygen atoms in total. The van der Waals surface area contributed by atoms with Crippen molar-refractivity contribution in [3.8, 4) is 12.3 Å². The lowest BCUT2D eigenvalue weighted by Gasteiger charge is -2.26. The van der Waals surface area contributed by atoms with E-state index in [2.05, 4.69) is 16.2 Å². The SMILES string of the molecule is C#Cc1cccc([C@H]2CCN2)n1. The monoisotopic (exact) mass is 158 g/mol. The van der Waals surface area contributed by atoms with Gasteiger partial charge in [-0.1, -0.05) is 12.0 Å². The van der Waals surface area contributed by atoms with Gasteiger partial charge in [-0.05, 0) is 25.1 Å². The number of nitrogens with zero attached hydrogens (tertiary/aromatic N) is 1. The van der Waals surface area contributed by atoms with Crippen molar-refractivity contribution in [3.63, 3.8) is 0 Å². The van der Waals surface area contributed by atoms with Gasteiger partial charge in [0.1, 0.15) is 5.69 Å². The second-order valence-corrected chi connectivity index (χ2v) is 2.89. The molecule has 0 aromatic carbocycles. The molecule has 12 heavy (non-hydrogen) atoms. The Morgan fingerprint density at radius 2 is 2.42 bits per heavy atom. The lowest BCUT2D eigenvalue weighted by Crippen LogP contribution is -2.35. The number of nitrogens with one attached hydrogen (secondary N) is 1. The molecule has 1 saturated heterocycles. The van der Waals surface area contributed by atoms with Gasteiger partial charge in [0.15, 0.2) is 0 Å². The molecule has 0 unspecified atom stereocenters. The van der Waals surface area contributed by atoms with Crippen molar-refractivity contribution in [2.75, 3.05) is 6.54 Å². The molecule has 1 aliphatic heterocycles. The third kappa shape index (κ3) is 1.19. The van der Waals surface area contributed by atoms with Crippen LogP contribution in [0, 0.1) is 12.3 Å². The fourth-order valence-electron chi connectivity index (χ4n) is 1.27. The second kappa shape index (κ2) is 2.96. The molecule has 0 amide bonds. The Bertz CT molecular complexity index is 321. The predicted molar refractivity (Wildman–Crippen MR) is 47.5 cm³/mol. The molecule has 0 saturated carbocycles. The molecule has 1 fully saturated rings. The van der Waals surface area contributed by atoms with E-state index < -0.39 is 0 Å². The van der Waals surface area contributed by atoms with E-state index in [4.69, 9.17) is 6.42 Å². The number of rotatable bonds is 1. The Morgan fingerprint density at radius 3 is 3.00 bits per heavy atom. The molecule has 1 N–H and O–H groups in total. The highest BCUT2D eigenvalue weighted by atomic mass is 15.0. The van der Waals surface area contributed by atoms with Crippen molar-refractivity contribution >= 4 is 0 Å². The summed E-state index contributed by atoms with van der Waals surface area (Å²) in [7, 11) is 0. The Morgan fingerprint density at radius 1 is 1.58 bits per heavy atom. The van der Waals surface area contributed by atoms with E-state index in [1.54, 1.807) is 0 Å². The smallest absolute Gasteiger partial charge is 0.113 e. The molecular weight excluding hydrogens is 148 g/mol. The van der Waals surface area contributed by atoms with Crippen LogP contribution in [-0.2, 0) is 0 Å². The minimum absolute atomic E-state index is 0.429. The van der Waals surface area contributed by atoms with Crippen LogP contribution >= 0.6 is 0 Å². The summed E-state index contributed by atoms with van der Waals surface area (Å²) in [6.07, 6.45) is 6.41. The molecule has 0 radical (unpaired) electrons. The van der Waals surface area contributed by atoms with Gasteiger partial charge >= 0.3 is 0 Å².